The Morgan fingerprint density at radius 1 is 1.18 bits per heavy atom. The van der Waals surface area contributed by atoms with Crippen LogP contribution in [0.1, 0.15) is 32.6 Å². The molecule has 3 rings (SSSR count). The highest BCUT2D eigenvalue weighted by molar-refractivity contribution is 5.89. The summed E-state index contributed by atoms with van der Waals surface area (Å²) in [5.41, 5.74) is 1.59. The lowest BCUT2D eigenvalue weighted by molar-refractivity contribution is 0.239. The molecule has 0 radical (unpaired) electrons. The maximum absolute atomic E-state index is 12.0. The van der Waals surface area contributed by atoms with Gasteiger partial charge in [-0.1, -0.05) is 6.92 Å². The molecule has 0 atom stereocenters. The highest BCUT2D eigenvalue weighted by Gasteiger charge is 2.19. The summed E-state index contributed by atoms with van der Waals surface area (Å²) in [6.07, 6.45) is 6.02. The van der Waals surface area contributed by atoms with Crippen LogP contribution >= 0.6 is 0 Å². The van der Waals surface area contributed by atoms with Crippen LogP contribution in [-0.4, -0.2) is 32.3 Å². The van der Waals surface area contributed by atoms with Gasteiger partial charge in [0.2, 0.25) is 0 Å². The zero-order valence-electron chi connectivity index (χ0n) is 12.6. The average Bonchev–Trinajstić information content (AvgIpc) is 3.05. The molecule has 1 aromatic heterocycles. The van der Waals surface area contributed by atoms with Crippen molar-refractivity contribution in [1.29, 1.82) is 0 Å². The lowest BCUT2D eigenvalue weighted by Gasteiger charge is -2.26. The number of aromatic nitrogens is 4. The largest absolute Gasteiger partial charge is 0.335 e. The molecule has 1 saturated carbocycles. The van der Waals surface area contributed by atoms with Crippen molar-refractivity contribution in [2.45, 2.75) is 38.6 Å². The van der Waals surface area contributed by atoms with E-state index in [0.29, 0.717) is 0 Å². The molecule has 7 heteroatoms. The van der Waals surface area contributed by atoms with Gasteiger partial charge in [-0.05, 0) is 66.3 Å². The summed E-state index contributed by atoms with van der Waals surface area (Å²) in [4.78, 5) is 12.0. The molecule has 1 heterocycles. The number of anilines is 1. The number of tetrazole rings is 1. The van der Waals surface area contributed by atoms with Gasteiger partial charge < -0.3 is 10.6 Å². The van der Waals surface area contributed by atoms with Crippen LogP contribution in [0.5, 0.6) is 0 Å². The number of nitrogens with one attached hydrogen (secondary N) is 2. The zero-order valence-corrected chi connectivity index (χ0v) is 12.6. The second-order valence-corrected chi connectivity index (χ2v) is 5.86. The van der Waals surface area contributed by atoms with Crippen LogP contribution < -0.4 is 10.6 Å². The normalized spacial score (nSPS) is 21.3. The maximum atomic E-state index is 12.0. The minimum absolute atomic E-state index is 0.144. The second-order valence-electron chi connectivity index (χ2n) is 5.86. The van der Waals surface area contributed by atoms with Crippen LogP contribution in [-0.2, 0) is 0 Å². The molecule has 0 aliphatic heterocycles. The third kappa shape index (κ3) is 3.60. The van der Waals surface area contributed by atoms with Crippen LogP contribution in [0.4, 0.5) is 10.5 Å². The molecule has 2 N–H and O–H groups in total. The summed E-state index contributed by atoms with van der Waals surface area (Å²) in [7, 11) is 0. The number of amides is 2. The van der Waals surface area contributed by atoms with E-state index in [1.165, 1.54) is 19.2 Å². The number of benzene rings is 1. The molecule has 1 fully saturated rings. The Kier molecular flexibility index (Phi) is 4.32. The predicted molar refractivity (Wildman–Crippen MR) is 82.7 cm³/mol. The summed E-state index contributed by atoms with van der Waals surface area (Å²) in [5.74, 6) is 0.778. The van der Waals surface area contributed by atoms with E-state index in [1.807, 2.05) is 24.3 Å². The lowest BCUT2D eigenvalue weighted by atomic mass is 9.87. The first-order chi connectivity index (χ1) is 10.7. The molecule has 0 unspecified atom stereocenters. The topological polar surface area (TPSA) is 84.7 Å². The average molecular weight is 300 g/mol. The molecule has 1 aromatic carbocycles. The fraction of sp³-hybridized carbons (Fsp3) is 0.467. The van der Waals surface area contributed by atoms with Crippen molar-refractivity contribution < 1.29 is 4.79 Å². The van der Waals surface area contributed by atoms with Crippen molar-refractivity contribution in [3.05, 3.63) is 30.6 Å². The summed E-state index contributed by atoms with van der Waals surface area (Å²) in [6, 6.07) is 7.52. The van der Waals surface area contributed by atoms with Crippen molar-refractivity contribution >= 4 is 11.7 Å². The lowest BCUT2D eigenvalue weighted by Crippen LogP contribution is -2.39. The fourth-order valence-electron chi connectivity index (χ4n) is 2.73. The highest BCUT2D eigenvalue weighted by Crippen LogP contribution is 2.23. The molecule has 0 saturated heterocycles. The van der Waals surface area contributed by atoms with Gasteiger partial charge in [-0.25, -0.2) is 9.48 Å². The summed E-state index contributed by atoms with van der Waals surface area (Å²) in [5, 5.41) is 16.9. The van der Waals surface area contributed by atoms with Crippen LogP contribution in [0, 0.1) is 5.92 Å². The van der Waals surface area contributed by atoms with Crippen LogP contribution in [0.25, 0.3) is 5.69 Å². The molecule has 2 aromatic rings. The van der Waals surface area contributed by atoms with Gasteiger partial charge in [0.25, 0.3) is 0 Å². The SMILES string of the molecule is CC1CCC(NC(=O)Nc2ccc(-n3cnnn3)cc2)CC1. The van der Waals surface area contributed by atoms with Crippen LogP contribution in [0.2, 0.25) is 0 Å². The molecular formula is C15H20N6O. The molecule has 116 valence electrons. The van der Waals surface area contributed by atoms with E-state index in [-0.39, 0.29) is 12.1 Å². The minimum atomic E-state index is -0.144. The number of urea groups is 1. The van der Waals surface area contributed by atoms with E-state index in [4.69, 9.17) is 0 Å². The van der Waals surface area contributed by atoms with Crippen molar-refractivity contribution in [2.24, 2.45) is 5.92 Å². The van der Waals surface area contributed by atoms with Gasteiger partial charge in [0.05, 0.1) is 5.69 Å². The quantitative estimate of drug-likeness (QED) is 0.911. The summed E-state index contributed by atoms with van der Waals surface area (Å²) < 4.78 is 1.56. The third-order valence-electron chi connectivity index (χ3n) is 4.09. The van der Waals surface area contributed by atoms with Gasteiger partial charge in [0.1, 0.15) is 6.33 Å². The number of rotatable bonds is 3. The molecule has 0 bridgehead atoms. The van der Waals surface area contributed by atoms with E-state index in [9.17, 15) is 4.79 Å². The Balaban J connectivity index is 1.53. The first-order valence-corrected chi connectivity index (χ1v) is 7.61. The Hall–Kier alpha value is -2.44. The molecule has 2 amide bonds. The molecule has 0 spiro atoms. The van der Waals surface area contributed by atoms with Gasteiger partial charge in [-0.3, -0.25) is 0 Å². The Labute approximate surface area is 129 Å². The van der Waals surface area contributed by atoms with Gasteiger partial charge in [-0.2, -0.15) is 0 Å². The van der Waals surface area contributed by atoms with Crippen molar-refractivity contribution in [3.8, 4) is 5.69 Å². The second kappa shape index (κ2) is 6.55. The van der Waals surface area contributed by atoms with Crippen molar-refractivity contribution in [1.82, 2.24) is 25.5 Å². The van der Waals surface area contributed by atoms with Crippen LogP contribution in [0.15, 0.2) is 30.6 Å². The predicted octanol–water partition coefficient (Wildman–Crippen LogP) is 2.36. The number of hydrogen-bond donors (Lipinski definition) is 2. The Bertz CT molecular complexity index is 601. The molecule has 7 nitrogen and oxygen atoms in total. The molecule has 1 aliphatic carbocycles. The highest BCUT2D eigenvalue weighted by atomic mass is 16.2. The first-order valence-electron chi connectivity index (χ1n) is 7.61. The molecule has 22 heavy (non-hydrogen) atoms. The zero-order chi connectivity index (χ0) is 15.4. The number of carbonyl (C=O) groups is 1. The minimum Gasteiger partial charge on any atom is -0.335 e. The third-order valence-corrected chi connectivity index (χ3v) is 4.09. The summed E-state index contributed by atoms with van der Waals surface area (Å²) >= 11 is 0. The van der Waals surface area contributed by atoms with Gasteiger partial charge in [0, 0.05) is 11.7 Å². The Morgan fingerprint density at radius 3 is 2.55 bits per heavy atom. The van der Waals surface area contributed by atoms with Gasteiger partial charge in [-0.15, -0.1) is 5.10 Å². The number of carbonyl (C=O) groups excluding carboxylic acids is 1. The van der Waals surface area contributed by atoms with Gasteiger partial charge >= 0.3 is 6.03 Å². The van der Waals surface area contributed by atoms with E-state index < -0.39 is 0 Å². The first kappa shape index (κ1) is 14.5. The maximum Gasteiger partial charge on any atom is 0.319 e. The fourth-order valence-corrected chi connectivity index (χ4v) is 2.73. The molecular weight excluding hydrogens is 280 g/mol. The monoisotopic (exact) mass is 300 g/mol. The van der Waals surface area contributed by atoms with Crippen LogP contribution in [0.3, 0.4) is 0 Å². The number of nitrogens with zero attached hydrogens (tertiary/aromatic N) is 4. The summed E-state index contributed by atoms with van der Waals surface area (Å²) in [6.45, 7) is 2.27. The van der Waals surface area contributed by atoms with E-state index in [0.717, 1.165) is 30.1 Å². The molecule has 1 aliphatic rings. The van der Waals surface area contributed by atoms with E-state index in [2.05, 4.69) is 33.1 Å². The van der Waals surface area contributed by atoms with Gasteiger partial charge in [0.15, 0.2) is 0 Å². The van der Waals surface area contributed by atoms with E-state index >= 15 is 0 Å². The van der Waals surface area contributed by atoms with Crippen molar-refractivity contribution in [3.63, 3.8) is 0 Å². The standard InChI is InChI=1S/C15H20N6O/c1-11-2-4-12(5-3-11)17-15(22)18-13-6-8-14(9-7-13)21-10-16-19-20-21/h6-12H,2-5H2,1H3,(H2,17,18,22). The van der Waals surface area contributed by atoms with E-state index in [1.54, 1.807) is 4.68 Å². The smallest absolute Gasteiger partial charge is 0.319 e. The number of hydrogen-bond acceptors (Lipinski definition) is 4. The van der Waals surface area contributed by atoms with Crippen molar-refractivity contribution in [2.75, 3.05) is 5.32 Å². The Morgan fingerprint density at radius 2 is 1.91 bits per heavy atom.